The second-order valence-corrected chi connectivity index (χ2v) is 7.02. The van der Waals surface area contributed by atoms with Crippen molar-refractivity contribution in [1.29, 1.82) is 0 Å². The number of anilines is 4. The minimum Gasteiger partial charge on any atom is -0.408 e. The third kappa shape index (κ3) is 3.99. The molecule has 0 aliphatic heterocycles. The lowest BCUT2D eigenvalue weighted by molar-refractivity contribution is 0.555. The molecule has 5 rings (SSSR count). The van der Waals surface area contributed by atoms with Gasteiger partial charge in [0.15, 0.2) is 5.58 Å². The quantitative estimate of drug-likeness (QED) is 0.383. The Morgan fingerprint density at radius 2 is 1.77 bits per heavy atom. The Bertz CT molecular complexity index is 1430. The number of hydrogen-bond donors (Lipinski definition) is 3. The molecule has 0 bridgehead atoms. The molecule has 3 heterocycles. The number of nitrogens with one attached hydrogen (secondary N) is 3. The van der Waals surface area contributed by atoms with E-state index in [9.17, 15) is 4.79 Å². The third-order valence-electron chi connectivity index (χ3n) is 4.79. The zero-order valence-corrected chi connectivity index (χ0v) is 16.6. The Labute approximate surface area is 177 Å². The van der Waals surface area contributed by atoms with Crippen molar-refractivity contribution < 1.29 is 4.42 Å². The summed E-state index contributed by atoms with van der Waals surface area (Å²) < 4.78 is 5.05. The number of pyridine rings is 1. The third-order valence-corrected chi connectivity index (χ3v) is 4.79. The Morgan fingerprint density at radius 3 is 2.65 bits per heavy atom. The van der Waals surface area contributed by atoms with Crippen molar-refractivity contribution in [3.05, 3.63) is 89.3 Å². The first kappa shape index (κ1) is 18.6. The van der Waals surface area contributed by atoms with E-state index in [4.69, 9.17) is 4.42 Å². The smallest absolute Gasteiger partial charge is 0.408 e. The van der Waals surface area contributed by atoms with E-state index in [1.807, 2.05) is 49.4 Å². The van der Waals surface area contributed by atoms with E-state index in [0.717, 1.165) is 28.1 Å². The number of oxazole rings is 1. The van der Waals surface area contributed by atoms with Gasteiger partial charge in [0, 0.05) is 35.5 Å². The molecule has 3 aromatic heterocycles. The second-order valence-electron chi connectivity index (χ2n) is 7.02. The van der Waals surface area contributed by atoms with E-state index in [1.54, 1.807) is 30.7 Å². The topological polar surface area (TPSA) is 109 Å². The lowest BCUT2D eigenvalue weighted by Gasteiger charge is -2.12. The fourth-order valence-electron chi connectivity index (χ4n) is 3.25. The number of aromatic amines is 1. The van der Waals surface area contributed by atoms with Crippen LogP contribution in [0.3, 0.4) is 0 Å². The number of H-pyrrole nitrogens is 1. The van der Waals surface area contributed by atoms with Crippen LogP contribution in [0, 0.1) is 6.92 Å². The standard InChI is InChI=1S/C23H18N6O2/c1-14-13-25-22(27-17-4-2-3-16(11-17)15-7-9-24-10-8-15)29-21(14)26-18-5-6-20-19(12-18)28-23(30)31-20/h2-13H,1H3,(H,28,30)(H2,25,26,27,29). The van der Waals surface area contributed by atoms with Crippen molar-refractivity contribution in [3.8, 4) is 11.1 Å². The zero-order chi connectivity index (χ0) is 21.2. The number of nitrogens with zero attached hydrogens (tertiary/aromatic N) is 3. The van der Waals surface area contributed by atoms with E-state index < -0.39 is 5.76 Å². The van der Waals surface area contributed by atoms with E-state index >= 15 is 0 Å². The fourth-order valence-corrected chi connectivity index (χ4v) is 3.25. The summed E-state index contributed by atoms with van der Waals surface area (Å²) in [7, 11) is 0. The summed E-state index contributed by atoms with van der Waals surface area (Å²) in [5, 5.41) is 6.54. The summed E-state index contributed by atoms with van der Waals surface area (Å²) in [6.45, 7) is 1.93. The summed E-state index contributed by atoms with van der Waals surface area (Å²) in [6, 6.07) is 17.3. The number of aromatic nitrogens is 4. The molecule has 0 radical (unpaired) electrons. The molecular weight excluding hydrogens is 392 g/mol. The van der Waals surface area contributed by atoms with Crippen molar-refractivity contribution in [2.45, 2.75) is 6.92 Å². The van der Waals surface area contributed by atoms with Crippen molar-refractivity contribution in [2.75, 3.05) is 10.6 Å². The van der Waals surface area contributed by atoms with Gasteiger partial charge in [-0.2, -0.15) is 4.98 Å². The van der Waals surface area contributed by atoms with Gasteiger partial charge in [-0.1, -0.05) is 12.1 Å². The normalized spacial score (nSPS) is 10.9. The van der Waals surface area contributed by atoms with Crippen LogP contribution in [0.1, 0.15) is 5.56 Å². The zero-order valence-electron chi connectivity index (χ0n) is 16.6. The maximum absolute atomic E-state index is 11.4. The maximum Gasteiger partial charge on any atom is 0.417 e. The first-order chi connectivity index (χ1) is 15.1. The molecule has 0 amide bonds. The van der Waals surface area contributed by atoms with Gasteiger partial charge in [-0.15, -0.1) is 0 Å². The van der Waals surface area contributed by atoms with Crippen LogP contribution in [0.25, 0.3) is 22.2 Å². The monoisotopic (exact) mass is 410 g/mol. The van der Waals surface area contributed by atoms with Gasteiger partial charge < -0.3 is 15.1 Å². The highest BCUT2D eigenvalue weighted by molar-refractivity contribution is 5.78. The molecule has 0 atom stereocenters. The predicted octanol–water partition coefficient (Wildman–Crippen LogP) is 4.77. The van der Waals surface area contributed by atoms with E-state index in [-0.39, 0.29) is 0 Å². The molecule has 0 spiro atoms. The second kappa shape index (κ2) is 7.75. The molecule has 8 nitrogen and oxygen atoms in total. The largest absolute Gasteiger partial charge is 0.417 e. The Kier molecular flexibility index (Phi) is 4.64. The van der Waals surface area contributed by atoms with Crippen LogP contribution in [0.5, 0.6) is 0 Å². The maximum atomic E-state index is 11.4. The molecule has 0 saturated carbocycles. The summed E-state index contributed by atoms with van der Waals surface area (Å²) in [5.74, 6) is 0.650. The number of benzene rings is 2. The molecule has 152 valence electrons. The number of rotatable bonds is 5. The fraction of sp³-hybridized carbons (Fsp3) is 0.0435. The van der Waals surface area contributed by atoms with Gasteiger partial charge in [-0.25, -0.2) is 9.78 Å². The van der Waals surface area contributed by atoms with Gasteiger partial charge >= 0.3 is 5.76 Å². The van der Waals surface area contributed by atoms with E-state index in [0.29, 0.717) is 22.9 Å². The lowest BCUT2D eigenvalue weighted by atomic mass is 10.1. The average molecular weight is 410 g/mol. The molecule has 0 fully saturated rings. The lowest BCUT2D eigenvalue weighted by Crippen LogP contribution is -2.03. The molecule has 0 aliphatic carbocycles. The van der Waals surface area contributed by atoms with Crippen LogP contribution in [0.15, 0.2) is 82.4 Å². The Hall–Kier alpha value is -4.46. The minimum absolute atomic E-state index is 0.470. The molecule has 0 unspecified atom stereocenters. The van der Waals surface area contributed by atoms with Crippen LogP contribution < -0.4 is 16.4 Å². The highest BCUT2D eigenvalue weighted by Gasteiger charge is 2.08. The highest BCUT2D eigenvalue weighted by Crippen LogP contribution is 2.25. The first-order valence-corrected chi connectivity index (χ1v) is 9.65. The van der Waals surface area contributed by atoms with Crippen molar-refractivity contribution in [2.24, 2.45) is 0 Å². The summed E-state index contributed by atoms with van der Waals surface area (Å²) >= 11 is 0. The summed E-state index contributed by atoms with van der Waals surface area (Å²) in [6.07, 6.45) is 5.29. The van der Waals surface area contributed by atoms with E-state index in [2.05, 4.69) is 30.6 Å². The molecule has 0 saturated heterocycles. The van der Waals surface area contributed by atoms with Crippen LogP contribution in [-0.2, 0) is 0 Å². The molecule has 5 aromatic rings. The Balaban J connectivity index is 1.40. The van der Waals surface area contributed by atoms with Crippen molar-refractivity contribution >= 4 is 34.2 Å². The first-order valence-electron chi connectivity index (χ1n) is 9.65. The molecule has 0 aliphatic rings. The van der Waals surface area contributed by atoms with Crippen LogP contribution >= 0.6 is 0 Å². The highest BCUT2D eigenvalue weighted by atomic mass is 16.4. The van der Waals surface area contributed by atoms with Crippen molar-refractivity contribution in [1.82, 2.24) is 19.9 Å². The van der Waals surface area contributed by atoms with E-state index in [1.165, 1.54) is 0 Å². The molecular formula is C23H18N6O2. The van der Waals surface area contributed by atoms with Crippen LogP contribution in [0.2, 0.25) is 0 Å². The van der Waals surface area contributed by atoms with Gasteiger partial charge in [0.05, 0.1) is 5.52 Å². The van der Waals surface area contributed by atoms with Crippen LogP contribution in [-0.4, -0.2) is 19.9 Å². The number of fused-ring (bicyclic) bond motifs is 1. The predicted molar refractivity (Wildman–Crippen MR) is 120 cm³/mol. The van der Waals surface area contributed by atoms with Gasteiger partial charge in [-0.05, 0) is 60.5 Å². The van der Waals surface area contributed by atoms with Gasteiger partial charge in [-0.3, -0.25) is 9.97 Å². The minimum atomic E-state index is -0.481. The Morgan fingerprint density at radius 1 is 0.935 bits per heavy atom. The van der Waals surface area contributed by atoms with Gasteiger partial charge in [0.2, 0.25) is 5.95 Å². The number of hydrogen-bond acceptors (Lipinski definition) is 7. The summed E-state index contributed by atoms with van der Waals surface area (Å²) in [4.78, 5) is 27.1. The SMILES string of the molecule is Cc1cnc(Nc2cccc(-c3ccncc3)c2)nc1Nc1ccc2oc(=O)[nH]c2c1. The molecule has 3 N–H and O–H groups in total. The molecule has 2 aromatic carbocycles. The van der Waals surface area contributed by atoms with Gasteiger partial charge in [0.1, 0.15) is 5.82 Å². The average Bonchev–Trinajstić information content (AvgIpc) is 3.16. The van der Waals surface area contributed by atoms with Crippen molar-refractivity contribution in [3.63, 3.8) is 0 Å². The van der Waals surface area contributed by atoms with Crippen LogP contribution in [0.4, 0.5) is 23.1 Å². The molecule has 8 heteroatoms. The number of aryl methyl sites for hydroxylation is 1. The molecule has 31 heavy (non-hydrogen) atoms. The summed E-state index contributed by atoms with van der Waals surface area (Å²) in [5.41, 5.74) is 5.81. The van der Waals surface area contributed by atoms with Gasteiger partial charge in [0.25, 0.3) is 0 Å².